The van der Waals surface area contributed by atoms with Gasteiger partial charge in [-0.15, -0.1) is 0 Å². The number of imidazole rings is 1. The fourth-order valence-electron chi connectivity index (χ4n) is 3.20. The minimum Gasteiger partial charge on any atom is -0.489 e. The average molecular weight is 358 g/mol. The van der Waals surface area contributed by atoms with Gasteiger partial charge in [-0.2, -0.15) is 0 Å². The van der Waals surface area contributed by atoms with E-state index >= 15 is 0 Å². The maximum Gasteiger partial charge on any atom is 0.150 e. The lowest BCUT2D eigenvalue weighted by molar-refractivity contribution is 0.306. The van der Waals surface area contributed by atoms with E-state index in [-0.39, 0.29) is 0 Å². The van der Waals surface area contributed by atoms with Gasteiger partial charge in [0, 0.05) is 24.4 Å². The van der Waals surface area contributed by atoms with Crippen molar-refractivity contribution in [3.05, 3.63) is 78.4 Å². The molecule has 0 fully saturated rings. The summed E-state index contributed by atoms with van der Waals surface area (Å²) < 4.78 is 8.01. The van der Waals surface area contributed by atoms with Gasteiger partial charge in [0.05, 0.1) is 0 Å². The van der Waals surface area contributed by atoms with Crippen molar-refractivity contribution in [2.45, 2.75) is 26.4 Å². The van der Waals surface area contributed by atoms with Crippen molar-refractivity contribution < 1.29 is 4.74 Å². The van der Waals surface area contributed by atoms with Crippen molar-refractivity contribution >= 4 is 11.3 Å². The summed E-state index contributed by atoms with van der Waals surface area (Å²) in [6.45, 7) is 2.67. The summed E-state index contributed by atoms with van der Waals surface area (Å²) in [5.41, 5.74) is 9.97. The molecule has 5 heteroatoms. The third-order valence-corrected chi connectivity index (χ3v) is 4.49. The van der Waals surface area contributed by atoms with Crippen LogP contribution in [0.5, 0.6) is 5.75 Å². The first-order chi connectivity index (χ1) is 13.3. The van der Waals surface area contributed by atoms with Gasteiger partial charge >= 0.3 is 0 Å². The lowest BCUT2D eigenvalue weighted by Gasteiger charge is -2.08. The average Bonchev–Trinajstić information content (AvgIpc) is 3.08. The molecule has 2 aromatic carbocycles. The third-order valence-electron chi connectivity index (χ3n) is 4.49. The highest BCUT2D eigenvalue weighted by Crippen LogP contribution is 2.30. The first-order valence-corrected chi connectivity index (χ1v) is 9.15. The van der Waals surface area contributed by atoms with Crippen molar-refractivity contribution in [1.29, 1.82) is 0 Å². The second-order valence-corrected chi connectivity index (χ2v) is 6.46. The van der Waals surface area contributed by atoms with Crippen molar-refractivity contribution in [3.63, 3.8) is 0 Å². The lowest BCUT2D eigenvalue weighted by Crippen LogP contribution is -1.98. The van der Waals surface area contributed by atoms with E-state index in [0.29, 0.717) is 12.4 Å². The minimum absolute atomic E-state index is 0.484. The molecule has 2 heterocycles. The number of nitrogens with two attached hydrogens (primary N) is 1. The summed E-state index contributed by atoms with van der Waals surface area (Å²) in [5.74, 6) is 2.28. The number of hydrogen-bond donors (Lipinski definition) is 1. The molecule has 4 rings (SSSR count). The zero-order chi connectivity index (χ0) is 18.6. The molecule has 0 spiro atoms. The van der Waals surface area contributed by atoms with E-state index in [9.17, 15) is 0 Å². The monoisotopic (exact) mass is 358 g/mol. The SMILES string of the molecule is CCCc1nc(-c2cccc(OCc3ccccc3)c2)c2c(N)nccn12. The van der Waals surface area contributed by atoms with Crippen molar-refractivity contribution in [2.24, 2.45) is 0 Å². The molecule has 0 saturated carbocycles. The largest absolute Gasteiger partial charge is 0.489 e. The van der Waals surface area contributed by atoms with E-state index in [1.54, 1.807) is 6.20 Å². The predicted octanol–water partition coefficient (Wildman–Crippen LogP) is 4.51. The molecule has 0 unspecified atom stereocenters. The Labute approximate surface area is 158 Å². The summed E-state index contributed by atoms with van der Waals surface area (Å²) in [4.78, 5) is 9.11. The highest BCUT2D eigenvalue weighted by Gasteiger charge is 2.15. The predicted molar refractivity (Wildman–Crippen MR) is 108 cm³/mol. The molecule has 2 aromatic heterocycles. The first-order valence-electron chi connectivity index (χ1n) is 9.15. The summed E-state index contributed by atoms with van der Waals surface area (Å²) >= 11 is 0. The molecular weight excluding hydrogens is 336 g/mol. The molecule has 0 aliphatic carbocycles. The Bertz CT molecular complexity index is 1060. The zero-order valence-corrected chi connectivity index (χ0v) is 15.3. The Morgan fingerprint density at radius 2 is 1.93 bits per heavy atom. The van der Waals surface area contributed by atoms with Gasteiger partial charge in [-0.1, -0.05) is 49.4 Å². The number of ether oxygens (including phenoxy) is 1. The lowest BCUT2D eigenvalue weighted by atomic mass is 10.1. The Morgan fingerprint density at radius 3 is 2.74 bits per heavy atom. The molecule has 27 heavy (non-hydrogen) atoms. The molecule has 0 aliphatic rings. The van der Waals surface area contributed by atoms with Gasteiger partial charge in [0.1, 0.15) is 35.2 Å². The van der Waals surface area contributed by atoms with Gasteiger partial charge < -0.3 is 10.5 Å². The second kappa shape index (κ2) is 7.50. The highest BCUT2D eigenvalue weighted by molar-refractivity contribution is 5.85. The van der Waals surface area contributed by atoms with Crippen LogP contribution in [-0.4, -0.2) is 14.4 Å². The topological polar surface area (TPSA) is 65.4 Å². The van der Waals surface area contributed by atoms with E-state index in [1.807, 2.05) is 53.1 Å². The Morgan fingerprint density at radius 1 is 1.07 bits per heavy atom. The van der Waals surface area contributed by atoms with Crippen LogP contribution in [0.2, 0.25) is 0 Å². The molecule has 0 bridgehead atoms. The van der Waals surface area contributed by atoms with E-state index in [0.717, 1.165) is 46.8 Å². The summed E-state index contributed by atoms with van der Waals surface area (Å²) in [6.07, 6.45) is 5.53. The quantitative estimate of drug-likeness (QED) is 0.551. The summed E-state index contributed by atoms with van der Waals surface area (Å²) in [7, 11) is 0. The molecule has 4 aromatic rings. The van der Waals surface area contributed by atoms with Crippen LogP contribution in [-0.2, 0) is 13.0 Å². The van der Waals surface area contributed by atoms with Crippen molar-refractivity contribution in [1.82, 2.24) is 14.4 Å². The minimum atomic E-state index is 0.484. The normalized spacial score (nSPS) is 11.0. The van der Waals surface area contributed by atoms with Crippen LogP contribution in [0.25, 0.3) is 16.8 Å². The van der Waals surface area contributed by atoms with Gasteiger partial charge in [-0.3, -0.25) is 4.40 Å². The third kappa shape index (κ3) is 3.49. The van der Waals surface area contributed by atoms with E-state index in [1.165, 1.54) is 0 Å². The molecule has 5 nitrogen and oxygen atoms in total. The Kier molecular flexibility index (Phi) is 4.75. The maximum absolute atomic E-state index is 6.17. The number of nitrogen functional groups attached to an aromatic ring is 1. The van der Waals surface area contributed by atoms with Crippen molar-refractivity contribution in [2.75, 3.05) is 5.73 Å². The summed E-state index contributed by atoms with van der Waals surface area (Å²) in [6, 6.07) is 18.1. The highest BCUT2D eigenvalue weighted by atomic mass is 16.5. The smallest absolute Gasteiger partial charge is 0.150 e. The fourth-order valence-corrected chi connectivity index (χ4v) is 3.20. The molecule has 0 atom stereocenters. The molecule has 0 amide bonds. The van der Waals surface area contributed by atoms with Crippen LogP contribution in [0.1, 0.15) is 24.7 Å². The van der Waals surface area contributed by atoms with Gasteiger partial charge in [0.25, 0.3) is 0 Å². The number of benzene rings is 2. The zero-order valence-electron chi connectivity index (χ0n) is 15.3. The van der Waals surface area contributed by atoms with Gasteiger partial charge in [-0.05, 0) is 24.1 Å². The van der Waals surface area contributed by atoms with Gasteiger partial charge in [0.15, 0.2) is 0 Å². The van der Waals surface area contributed by atoms with Crippen LogP contribution >= 0.6 is 0 Å². The van der Waals surface area contributed by atoms with Crippen LogP contribution in [0.15, 0.2) is 67.0 Å². The standard InChI is InChI=1S/C22H22N4O/c1-2-7-19-25-20(21-22(23)24-12-13-26(19)21)17-10-6-11-18(14-17)27-15-16-8-4-3-5-9-16/h3-6,8-14H,2,7,15H2,1H3,(H2,23,24). The Balaban J connectivity index is 1.69. The molecule has 0 saturated heterocycles. The number of nitrogens with zero attached hydrogens (tertiary/aromatic N) is 3. The molecule has 0 radical (unpaired) electrons. The Hall–Kier alpha value is -3.34. The number of aromatic nitrogens is 3. The number of rotatable bonds is 6. The van der Waals surface area contributed by atoms with E-state index < -0.39 is 0 Å². The molecule has 2 N–H and O–H groups in total. The van der Waals surface area contributed by atoms with E-state index in [2.05, 4.69) is 24.0 Å². The van der Waals surface area contributed by atoms with Crippen molar-refractivity contribution in [3.8, 4) is 17.0 Å². The first kappa shape index (κ1) is 17.1. The van der Waals surface area contributed by atoms with Gasteiger partial charge in [-0.25, -0.2) is 9.97 Å². The van der Waals surface area contributed by atoms with Crippen LogP contribution < -0.4 is 10.5 Å². The molecular formula is C22H22N4O. The van der Waals surface area contributed by atoms with Crippen LogP contribution in [0, 0.1) is 0 Å². The fraction of sp³-hybridized carbons (Fsp3) is 0.182. The number of hydrogen-bond acceptors (Lipinski definition) is 4. The second-order valence-electron chi connectivity index (χ2n) is 6.46. The maximum atomic E-state index is 6.17. The van der Waals surface area contributed by atoms with Crippen LogP contribution in [0.3, 0.4) is 0 Å². The molecule has 0 aliphatic heterocycles. The van der Waals surface area contributed by atoms with Crippen LogP contribution in [0.4, 0.5) is 5.82 Å². The number of fused-ring (bicyclic) bond motifs is 1. The molecule has 136 valence electrons. The number of anilines is 1. The summed E-state index contributed by atoms with van der Waals surface area (Å²) in [5, 5.41) is 0. The van der Waals surface area contributed by atoms with E-state index in [4.69, 9.17) is 15.5 Å². The number of aryl methyl sites for hydroxylation is 1. The van der Waals surface area contributed by atoms with Gasteiger partial charge in [0.2, 0.25) is 0 Å².